The van der Waals surface area contributed by atoms with E-state index >= 15 is 0 Å². The SMILES string of the molecule is CC(C)COCCOc1c(Cl)cc(Cl)cc1CNC1CC1. The van der Waals surface area contributed by atoms with Gasteiger partial charge in [-0.15, -0.1) is 0 Å². The topological polar surface area (TPSA) is 30.5 Å². The van der Waals surface area contributed by atoms with Gasteiger partial charge in [0.05, 0.1) is 11.6 Å². The highest BCUT2D eigenvalue weighted by molar-refractivity contribution is 6.35. The van der Waals surface area contributed by atoms with E-state index in [0.717, 1.165) is 18.7 Å². The van der Waals surface area contributed by atoms with Crippen molar-refractivity contribution < 1.29 is 9.47 Å². The number of hydrogen-bond acceptors (Lipinski definition) is 3. The van der Waals surface area contributed by atoms with Crippen molar-refractivity contribution in [3.8, 4) is 5.75 Å². The molecule has 0 radical (unpaired) electrons. The minimum atomic E-state index is 0.491. The van der Waals surface area contributed by atoms with Crippen LogP contribution in [-0.2, 0) is 11.3 Å². The number of ether oxygens (including phenoxy) is 2. The Bertz CT molecular complexity index is 462. The second-order valence-corrected chi connectivity index (χ2v) is 6.69. The number of benzene rings is 1. The average Bonchev–Trinajstić information content (AvgIpc) is 3.21. The first-order valence-corrected chi connectivity index (χ1v) is 8.23. The summed E-state index contributed by atoms with van der Waals surface area (Å²) >= 11 is 12.3. The Hall–Kier alpha value is -0.480. The van der Waals surface area contributed by atoms with Gasteiger partial charge in [0.1, 0.15) is 12.4 Å². The molecule has 1 N–H and O–H groups in total. The Morgan fingerprint density at radius 3 is 2.67 bits per heavy atom. The second kappa shape index (κ2) is 8.23. The zero-order valence-electron chi connectivity index (χ0n) is 12.6. The van der Waals surface area contributed by atoms with E-state index in [0.29, 0.717) is 41.0 Å². The summed E-state index contributed by atoms with van der Waals surface area (Å²) in [6.07, 6.45) is 2.49. The fourth-order valence-electron chi connectivity index (χ4n) is 1.97. The largest absolute Gasteiger partial charge is 0.489 e. The summed E-state index contributed by atoms with van der Waals surface area (Å²) in [4.78, 5) is 0. The van der Waals surface area contributed by atoms with E-state index in [1.807, 2.05) is 6.07 Å². The van der Waals surface area contributed by atoms with Gasteiger partial charge in [-0.05, 0) is 30.9 Å². The Balaban J connectivity index is 1.89. The van der Waals surface area contributed by atoms with Crippen molar-refractivity contribution in [2.75, 3.05) is 19.8 Å². The maximum Gasteiger partial charge on any atom is 0.142 e. The maximum absolute atomic E-state index is 6.25. The number of hydrogen-bond donors (Lipinski definition) is 1. The summed E-state index contributed by atoms with van der Waals surface area (Å²) in [6, 6.07) is 4.26. The number of nitrogens with one attached hydrogen (secondary N) is 1. The van der Waals surface area contributed by atoms with Crippen LogP contribution in [0.3, 0.4) is 0 Å². The molecule has 0 bridgehead atoms. The first-order chi connectivity index (χ1) is 10.1. The quantitative estimate of drug-likeness (QED) is 0.684. The monoisotopic (exact) mass is 331 g/mol. The molecule has 21 heavy (non-hydrogen) atoms. The third-order valence-corrected chi connectivity index (χ3v) is 3.67. The van der Waals surface area contributed by atoms with Crippen LogP contribution >= 0.6 is 23.2 Å². The van der Waals surface area contributed by atoms with Crippen LogP contribution in [0.1, 0.15) is 32.3 Å². The molecule has 1 saturated carbocycles. The molecule has 2 rings (SSSR count). The summed E-state index contributed by atoms with van der Waals surface area (Å²) in [6.45, 7) is 6.77. The van der Waals surface area contributed by atoms with Gasteiger partial charge in [-0.25, -0.2) is 0 Å². The molecule has 118 valence electrons. The molecule has 0 amide bonds. The van der Waals surface area contributed by atoms with Gasteiger partial charge in [0, 0.05) is 29.8 Å². The minimum Gasteiger partial charge on any atom is -0.489 e. The van der Waals surface area contributed by atoms with E-state index in [4.69, 9.17) is 32.7 Å². The van der Waals surface area contributed by atoms with Crippen molar-refractivity contribution in [2.24, 2.45) is 5.92 Å². The molecule has 0 atom stereocenters. The van der Waals surface area contributed by atoms with Gasteiger partial charge in [0.15, 0.2) is 0 Å². The van der Waals surface area contributed by atoms with Crippen molar-refractivity contribution in [3.63, 3.8) is 0 Å². The standard InChI is InChI=1S/C16H23Cl2NO2/c1-11(2)10-20-5-6-21-16-12(9-19-14-3-4-14)7-13(17)8-15(16)18/h7-8,11,14,19H,3-6,9-10H2,1-2H3. The Kier molecular flexibility index (Phi) is 6.62. The minimum absolute atomic E-state index is 0.491. The molecule has 3 nitrogen and oxygen atoms in total. The lowest BCUT2D eigenvalue weighted by Gasteiger charge is -2.15. The van der Waals surface area contributed by atoms with Crippen molar-refractivity contribution >= 4 is 23.2 Å². The molecule has 1 fully saturated rings. The molecule has 1 aromatic carbocycles. The summed E-state index contributed by atoms with van der Waals surface area (Å²) in [7, 11) is 0. The van der Waals surface area contributed by atoms with Crippen LogP contribution in [-0.4, -0.2) is 25.9 Å². The first kappa shape index (κ1) is 16.9. The van der Waals surface area contributed by atoms with Gasteiger partial charge < -0.3 is 14.8 Å². The lowest BCUT2D eigenvalue weighted by atomic mass is 10.2. The van der Waals surface area contributed by atoms with Crippen LogP contribution < -0.4 is 10.1 Å². The zero-order chi connectivity index (χ0) is 15.2. The van der Waals surface area contributed by atoms with E-state index in [-0.39, 0.29) is 0 Å². The maximum atomic E-state index is 6.25. The number of rotatable bonds is 9. The third-order valence-electron chi connectivity index (χ3n) is 3.17. The molecule has 0 spiro atoms. The van der Waals surface area contributed by atoms with Crippen molar-refractivity contribution in [1.29, 1.82) is 0 Å². The molecule has 1 aromatic rings. The van der Waals surface area contributed by atoms with Crippen LogP contribution in [0, 0.1) is 5.92 Å². The molecule has 0 aliphatic heterocycles. The van der Waals surface area contributed by atoms with E-state index in [1.165, 1.54) is 12.8 Å². The lowest BCUT2D eigenvalue weighted by Crippen LogP contribution is -2.17. The average molecular weight is 332 g/mol. The van der Waals surface area contributed by atoms with Crippen LogP contribution in [0.2, 0.25) is 10.0 Å². The van der Waals surface area contributed by atoms with E-state index in [2.05, 4.69) is 19.2 Å². The predicted octanol–water partition coefficient (Wildman–Crippen LogP) is 4.30. The zero-order valence-corrected chi connectivity index (χ0v) is 14.1. The predicted molar refractivity (Wildman–Crippen MR) is 87.5 cm³/mol. The highest BCUT2D eigenvalue weighted by atomic mass is 35.5. The second-order valence-electron chi connectivity index (χ2n) is 5.85. The van der Waals surface area contributed by atoms with Crippen molar-refractivity contribution in [1.82, 2.24) is 5.32 Å². The smallest absolute Gasteiger partial charge is 0.142 e. The third kappa shape index (κ3) is 6.03. The van der Waals surface area contributed by atoms with Gasteiger partial charge in [0.2, 0.25) is 0 Å². The van der Waals surface area contributed by atoms with Crippen LogP contribution in [0.5, 0.6) is 5.75 Å². The first-order valence-electron chi connectivity index (χ1n) is 7.48. The van der Waals surface area contributed by atoms with Gasteiger partial charge in [0.25, 0.3) is 0 Å². The Morgan fingerprint density at radius 1 is 1.24 bits per heavy atom. The molecule has 1 aliphatic carbocycles. The van der Waals surface area contributed by atoms with Gasteiger partial charge in [-0.1, -0.05) is 37.0 Å². The fourth-order valence-corrected chi connectivity index (χ4v) is 2.56. The van der Waals surface area contributed by atoms with E-state index < -0.39 is 0 Å². The highest BCUT2D eigenvalue weighted by Crippen LogP contribution is 2.33. The normalized spacial score (nSPS) is 14.7. The van der Waals surface area contributed by atoms with Crippen molar-refractivity contribution in [2.45, 2.75) is 39.3 Å². The fraction of sp³-hybridized carbons (Fsp3) is 0.625. The van der Waals surface area contributed by atoms with E-state index in [1.54, 1.807) is 6.07 Å². The lowest BCUT2D eigenvalue weighted by molar-refractivity contribution is 0.0816. The highest BCUT2D eigenvalue weighted by Gasteiger charge is 2.21. The van der Waals surface area contributed by atoms with E-state index in [9.17, 15) is 0 Å². The summed E-state index contributed by atoms with van der Waals surface area (Å²) in [5.41, 5.74) is 1.00. The van der Waals surface area contributed by atoms with Crippen LogP contribution in [0.4, 0.5) is 0 Å². The Labute approximate surface area is 136 Å². The summed E-state index contributed by atoms with van der Waals surface area (Å²) in [5, 5.41) is 4.65. The molecule has 5 heteroatoms. The Morgan fingerprint density at radius 2 is 2.00 bits per heavy atom. The molecular formula is C16H23Cl2NO2. The molecule has 1 aliphatic rings. The molecule has 0 unspecified atom stereocenters. The molecule has 0 aromatic heterocycles. The van der Waals surface area contributed by atoms with Crippen molar-refractivity contribution in [3.05, 3.63) is 27.7 Å². The number of halogens is 2. The molecular weight excluding hydrogens is 309 g/mol. The molecule has 0 heterocycles. The van der Waals surface area contributed by atoms with Gasteiger partial charge in [-0.2, -0.15) is 0 Å². The summed E-state index contributed by atoms with van der Waals surface area (Å²) in [5.74, 6) is 1.24. The van der Waals surface area contributed by atoms with Gasteiger partial charge in [-0.3, -0.25) is 0 Å². The van der Waals surface area contributed by atoms with Gasteiger partial charge >= 0.3 is 0 Å². The van der Waals surface area contributed by atoms with Crippen LogP contribution in [0.15, 0.2) is 12.1 Å². The summed E-state index contributed by atoms with van der Waals surface area (Å²) < 4.78 is 11.3. The molecule has 0 saturated heterocycles. The van der Waals surface area contributed by atoms with Crippen LogP contribution in [0.25, 0.3) is 0 Å².